The first-order chi connectivity index (χ1) is 7.25. The standard InChI is InChI=1S/C12H18N2O/c1-9(2)15-10-5-7-14-12(8-10)11-4-3-6-13-11/h5,7-9,11,13H,3-4,6H2,1-2H3. The highest BCUT2D eigenvalue weighted by molar-refractivity contribution is 5.25. The molecule has 1 aliphatic rings. The van der Waals surface area contributed by atoms with Crippen LogP contribution in [0.25, 0.3) is 0 Å². The van der Waals surface area contributed by atoms with Crippen LogP contribution in [0, 0.1) is 0 Å². The maximum atomic E-state index is 5.65. The van der Waals surface area contributed by atoms with Gasteiger partial charge in [-0.1, -0.05) is 0 Å². The van der Waals surface area contributed by atoms with Crippen molar-refractivity contribution in [2.75, 3.05) is 6.54 Å². The van der Waals surface area contributed by atoms with Crippen molar-refractivity contribution in [3.8, 4) is 5.75 Å². The predicted octanol–water partition coefficient (Wildman–Crippen LogP) is 2.29. The van der Waals surface area contributed by atoms with Crippen LogP contribution in [-0.4, -0.2) is 17.6 Å². The normalized spacial score (nSPS) is 20.9. The summed E-state index contributed by atoms with van der Waals surface area (Å²) in [5.74, 6) is 0.920. The number of rotatable bonds is 3. The SMILES string of the molecule is CC(C)Oc1ccnc(C2CCCN2)c1. The molecule has 2 rings (SSSR count). The minimum atomic E-state index is 0.219. The summed E-state index contributed by atoms with van der Waals surface area (Å²) in [6.07, 6.45) is 4.46. The quantitative estimate of drug-likeness (QED) is 0.824. The number of pyridine rings is 1. The Hall–Kier alpha value is -1.09. The molecule has 0 aliphatic carbocycles. The number of hydrogen-bond acceptors (Lipinski definition) is 3. The van der Waals surface area contributed by atoms with Crippen molar-refractivity contribution in [1.29, 1.82) is 0 Å². The summed E-state index contributed by atoms with van der Waals surface area (Å²) in [6, 6.07) is 4.38. The molecule has 1 unspecified atom stereocenters. The fraction of sp³-hybridized carbons (Fsp3) is 0.583. The molecule has 1 aliphatic heterocycles. The van der Waals surface area contributed by atoms with Crippen molar-refractivity contribution in [1.82, 2.24) is 10.3 Å². The smallest absolute Gasteiger partial charge is 0.123 e. The van der Waals surface area contributed by atoms with Gasteiger partial charge in [-0.05, 0) is 39.3 Å². The zero-order chi connectivity index (χ0) is 10.7. The van der Waals surface area contributed by atoms with Crippen LogP contribution in [0.15, 0.2) is 18.3 Å². The number of nitrogens with zero attached hydrogens (tertiary/aromatic N) is 1. The molecule has 0 bridgehead atoms. The number of ether oxygens (including phenoxy) is 1. The second-order valence-corrected chi connectivity index (χ2v) is 4.23. The fourth-order valence-corrected chi connectivity index (χ4v) is 1.90. The van der Waals surface area contributed by atoms with Crippen molar-refractivity contribution in [2.24, 2.45) is 0 Å². The lowest BCUT2D eigenvalue weighted by atomic mass is 10.1. The molecule has 1 atom stereocenters. The summed E-state index contributed by atoms with van der Waals surface area (Å²) < 4.78 is 5.65. The summed E-state index contributed by atoms with van der Waals surface area (Å²) in [5, 5.41) is 3.44. The zero-order valence-electron chi connectivity index (χ0n) is 9.36. The lowest BCUT2D eigenvalue weighted by Gasteiger charge is -2.13. The lowest BCUT2D eigenvalue weighted by molar-refractivity contribution is 0.241. The van der Waals surface area contributed by atoms with E-state index in [1.165, 1.54) is 12.8 Å². The fourth-order valence-electron chi connectivity index (χ4n) is 1.90. The van der Waals surface area contributed by atoms with Crippen LogP contribution in [0.3, 0.4) is 0 Å². The molecule has 0 radical (unpaired) electrons. The van der Waals surface area contributed by atoms with E-state index in [1.54, 1.807) is 0 Å². The minimum Gasteiger partial charge on any atom is -0.491 e. The van der Waals surface area contributed by atoms with Gasteiger partial charge in [0.05, 0.1) is 11.8 Å². The van der Waals surface area contributed by atoms with Crippen LogP contribution < -0.4 is 10.1 Å². The first kappa shape index (κ1) is 10.4. The third kappa shape index (κ3) is 2.69. The topological polar surface area (TPSA) is 34.1 Å². The monoisotopic (exact) mass is 206 g/mol. The van der Waals surface area contributed by atoms with Crippen LogP contribution in [0.1, 0.15) is 38.4 Å². The van der Waals surface area contributed by atoms with Crippen molar-refractivity contribution < 1.29 is 4.74 Å². The van der Waals surface area contributed by atoms with Crippen molar-refractivity contribution in [3.05, 3.63) is 24.0 Å². The van der Waals surface area contributed by atoms with Gasteiger partial charge in [0.2, 0.25) is 0 Å². The average molecular weight is 206 g/mol. The molecule has 0 saturated carbocycles. The highest BCUT2D eigenvalue weighted by Crippen LogP contribution is 2.24. The van der Waals surface area contributed by atoms with E-state index in [0.717, 1.165) is 18.0 Å². The number of nitrogens with one attached hydrogen (secondary N) is 1. The zero-order valence-corrected chi connectivity index (χ0v) is 9.36. The van der Waals surface area contributed by atoms with Gasteiger partial charge in [-0.3, -0.25) is 4.98 Å². The highest BCUT2D eigenvalue weighted by atomic mass is 16.5. The van der Waals surface area contributed by atoms with Crippen LogP contribution >= 0.6 is 0 Å². The summed E-state index contributed by atoms with van der Waals surface area (Å²) in [7, 11) is 0. The highest BCUT2D eigenvalue weighted by Gasteiger charge is 2.17. The van der Waals surface area contributed by atoms with Gasteiger partial charge in [-0.2, -0.15) is 0 Å². The molecule has 2 heterocycles. The van der Waals surface area contributed by atoms with Gasteiger partial charge < -0.3 is 10.1 Å². The van der Waals surface area contributed by atoms with E-state index in [2.05, 4.69) is 10.3 Å². The van der Waals surface area contributed by atoms with Gasteiger partial charge >= 0.3 is 0 Å². The van der Waals surface area contributed by atoms with Crippen LogP contribution in [-0.2, 0) is 0 Å². The van der Waals surface area contributed by atoms with Gasteiger partial charge in [0.1, 0.15) is 5.75 Å². The maximum absolute atomic E-state index is 5.65. The van der Waals surface area contributed by atoms with E-state index in [1.807, 2.05) is 32.2 Å². The molecule has 0 spiro atoms. The van der Waals surface area contributed by atoms with Gasteiger partial charge in [0, 0.05) is 18.3 Å². The third-order valence-corrected chi connectivity index (χ3v) is 2.54. The van der Waals surface area contributed by atoms with Crippen molar-refractivity contribution in [2.45, 2.75) is 38.8 Å². The van der Waals surface area contributed by atoms with Gasteiger partial charge in [0.15, 0.2) is 0 Å². The molecule has 1 saturated heterocycles. The molecule has 1 N–H and O–H groups in total. The van der Waals surface area contributed by atoms with E-state index < -0.39 is 0 Å². The van der Waals surface area contributed by atoms with Crippen LogP contribution in [0.2, 0.25) is 0 Å². The maximum Gasteiger partial charge on any atom is 0.123 e. The summed E-state index contributed by atoms with van der Waals surface area (Å²) in [5.41, 5.74) is 1.10. The Morgan fingerprint density at radius 3 is 3.07 bits per heavy atom. The van der Waals surface area contributed by atoms with Crippen LogP contribution in [0.4, 0.5) is 0 Å². The van der Waals surface area contributed by atoms with Crippen LogP contribution in [0.5, 0.6) is 5.75 Å². The number of aromatic nitrogens is 1. The first-order valence-corrected chi connectivity index (χ1v) is 5.61. The lowest BCUT2D eigenvalue weighted by Crippen LogP contribution is -2.14. The third-order valence-electron chi connectivity index (χ3n) is 2.54. The molecule has 82 valence electrons. The summed E-state index contributed by atoms with van der Waals surface area (Å²) >= 11 is 0. The second-order valence-electron chi connectivity index (χ2n) is 4.23. The van der Waals surface area contributed by atoms with Gasteiger partial charge in [-0.25, -0.2) is 0 Å². The Morgan fingerprint density at radius 1 is 1.53 bits per heavy atom. The second kappa shape index (κ2) is 4.62. The molecule has 1 aromatic rings. The van der Waals surface area contributed by atoms with Gasteiger partial charge in [-0.15, -0.1) is 0 Å². The Bertz CT molecular complexity index is 319. The Morgan fingerprint density at radius 2 is 2.40 bits per heavy atom. The van der Waals surface area contributed by atoms with E-state index >= 15 is 0 Å². The molecule has 1 fully saturated rings. The molecule has 0 amide bonds. The first-order valence-electron chi connectivity index (χ1n) is 5.61. The Labute approximate surface area is 90.9 Å². The molecule has 1 aromatic heterocycles. The summed E-state index contributed by atoms with van der Waals surface area (Å²) in [6.45, 7) is 5.17. The van der Waals surface area contributed by atoms with Crippen molar-refractivity contribution in [3.63, 3.8) is 0 Å². The molecular formula is C12H18N2O. The average Bonchev–Trinajstić information content (AvgIpc) is 2.69. The molecule has 3 heteroatoms. The minimum absolute atomic E-state index is 0.219. The van der Waals surface area contributed by atoms with Gasteiger partial charge in [0.25, 0.3) is 0 Å². The Kier molecular flexibility index (Phi) is 3.21. The largest absolute Gasteiger partial charge is 0.491 e. The molecule has 3 nitrogen and oxygen atoms in total. The predicted molar refractivity (Wildman–Crippen MR) is 60.0 cm³/mol. The molecular weight excluding hydrogens is 188 g/mol. The summed E-state index contributed by atoms with van der Waals surface area (Å²) in [4.78, 5) is 4.39. The van der Waals surface area contributed by atoms with E-state index in [0.29, 0.717) is 6.04 Å². The Balaban J connectivity index is 2.11. The molecule has 15 heavy (non-hydrogen) atoms. The number of hydrogen-bond donors (Lipinski definition) is 1. The van der Waals surface area contributed by atoms with E-state index in [-0.39, 0.29) is 6.10 Å². The van der Waals surface area contributed by atoms with E-state index in [9.17, 15) is 0 Å². The molecule has 0 aromatic carbocycles. The van der Waals surface area contributed by atoms with E-state index in [4.69, 9.17) is 4.74 Å². The van der Waals surface area contributed by atoms with Crippen molar-refractivity contribution >= 4 is 0 Å².